The van der Waals surface area contributed by atoms with Gasteiger partial charge in [-0.05, 0) is 26.0 Å². The molecule has 0 radical (unpaired) electrons. The predicted octanol–water partition coefficient (Wildman–Crippen LogP) is 0.617. The second-order valence-corrected chi connectivity index (χ2v) is 7.28. The van der Waals surface area contributed by atoms with Crippen LogP contribution in [0.1, 0.15) is 18.2 Å². The van der Waals surface area contributed by atoms with Crippen molar-refractivity contribution < 1.29 is 12.8 Å². The molecule has 0 spiro atoms. The molecule has 0 amide bonds. The molecule has 0 bridgehead atoms. The van der Waals surface area contributed by atoms with Crippen LogP contribution < -0.4 is 16.0 Å². The minimum atomic E-state index is -3.75. The molecule has 2 aromatic rings. The van der Waals surface area contributed by atoms with Crippen LogP contribution in [0.4, 0.5) is 10.1 Å². The Morgan fingerprint density at radius 1 is 1.28 bits per heavy atom. The van der Waals surface area contributed by atoms with Crippen LogP contribution in [0.3, 0.4) is 0 Å². The van der Waals surface area contributed by atoms with Crippen LogP contribution in [0.15, 0.2) is 27.8 Å². The molecule has 1 heterocycles. The Hall–Kier alpha value is -2.93. The number of hydrogen-bond acceptors (Lipinski definition) is 5. The molecular formula is C15H15FN4O4S. The molecule has 1 aromatic heterocycles. The lowest BCUT2D eigenvalue weighted by atomic mass is 10.1. The maximum absolute atomic E-state index is 14.4. The van der Waals surface area contributed by atoms with Gasteiger partial charge in [-0.1, -0.05) is 0 Å². The highest BCUT2D eigenvalue weighted by Crippen LogP contribution is 2.23. The third kappa shape index (κ3) is 3.46. The highest BCUT2D eigenvalue weighted by Gasteiger charge is 2.18. The Morgan fingerprint density at radius 2 is 1.92 bits per heavy atom. The van der Waals surface area contributed by atoms with Crippen molar-refractivity contribution in [2.45, 2.75) is 13.8 Å². The lowest BCUT2D eigenvalue weighted by Crippen LogP contribution is -2.38. The molecule has 1 N–H and O–H groups in total. The fourth-order valence-electron chi connectivity index (χ4n) is 2.11. The summed E-state index contributed by atoms with van der Waals surface area (Å²) in [6.45, 7) is 2.93. The molecule has 0 fully saturated rings. The normalized spacial score (nSPS) is 11.2. The Bertz CT molecular complexity index is 1110. The monoisotopic (exact) mass is 366 g/mol. The standard InChI is InChI=1S/C15H15FN4O4S/c1-4-25(23,24)18-12-7-13(11(16)6-10(12)8-17)20-14(21)5-9(2)19(3)15(20)22/h5-7,18H,4H2,1-3H3. The maximum atomic E-state index is 14.4. The van der Waals surface area contributed by atoms with Crippen molar-refractivity contribution in [3.8, 4) is 11.8 Å². The van der Waals surface area contributed by atoms with E-state index < -0.39 is 32.8 Å². The maximum Gasteiger partial charge on any atom is 0.335 e. The van der Waals surface area contributed by atoms with E-state index in [0.29, 0.717) is 10.3 Å². The molecule has 132 valence electrons. The molecule has 1 aromatic carbocycles. The van der Waals surface area contributed by atoms with E-state index in [1.54, 1.807) is 13.0 Å². The summed E-state index contributed by atoms with van der Waals surface area (Å²) in [6.07, 6.45) is 0. The zero-order valence-electron chi connectivity index (χ0n) is 13.7. The molecule has 0 saturated heterocycles. The first-order valence-electron chi connectivity index (χ1n) is 7.15. The van der Waals surface area contributed by atoms with Gasteiger partial charge in [-0.3, -0.25) is 9.52 Å². The molecule has 0 aliphatic heterocycles. The summed E-state index contributed by atoms with van der Waals surface area (Å²) >= 11 is 0. The van der Waals surface area contributed by atoms with Gasteiger partial charge in [0.15, 0.2) is 0 Å². The number of benzene rings is 1. The number of aromatic nitrogens is 2. The van der Waals surface area contributed by atoms with Gasteiger partial charge in [-0.2, -0.15) is 5.26 Å². The highest BCUT2D eigenvalue weighted by atomic mass is 32.2. The largest absolute Gasteiger partial charge is 0.335 e. The van der Waals surface area contributed by atoms with Gasteiger partial charge < -0.3 is 4.57 Å². The van der Waals surface area contributed by atoms with Gasteiger partial charge in [0.2, 0.25) is 10.0 Å². The van der Waals surface area contributed by atoms with E-state index in [-0.39, 0.29) is 17.0 Å². The zero-order chi connectivity index (χ0) is 18.9. The van der Waals surface area contributed by atoms with E-state index in [4.69, 9.17) is 5.26 Å². The van der Waals surface area contributed by atoms with Crippen LogP contribution >= 0.6 is 0 Å². The van der Waals surface area contributed by atoms with Crippen LogP contribution in [0.5, 0.6) is 0 Å². The molecular weight excluding hydrogens is 351 g/mol. The van der Waals surface area contributed by atoms with Crippen molar-refractivity contribution in [2.24, 2.45) is 7.05 Å². The number of sulfonamides is 1. The van der Waals surface area contributed by atoms with Gasteiger partial charge in [0.05, 0.1) is 22.7 Å². The summed E-state index contributed by atoms with van der Waals surface area (Å²) in [5.41, 5.74) is -2.11. The molecule has 2 rings (SSSR count). The first kappa shape index (κ1) is 18.4. The van der Waals surface area contributed by atoms with Gasteiger partial charge in [-0.15, -0.1) is 0 Å². The van der Waals surface area contributed by atoms with E-state index in [1.807, 2.05) is 0 Å². The second kappa shape index (κ2) is 6.52. The summed E-state index contributed by atoms with van der Waals surface area (Å²) in [5, 5.41) is 9.08. The van der Waals surface area contributed by atoms with Gasteiger partial charge in [0, 0.05) is 18.8 Å². The first-order chi connectivity index (χ1) is 11.6. The first-order valence-corrected chi connectivity index (χ1v) is 8.80. The fourth-order valence-corrected chi connectivity index (χ4v) is 2.76. The third-order valence-electron chi connectivity index (χ3n) is 3.65. The van der Waals surface area contributed by atoms with E-state index in [2.05, 4.69) is 4.72 Å². The molecule has 0 aliphatic rings. The van der Waals surface area contributed by atoms with E-state index in [1.165, 1.54) is 14.0 Å². The summed E-state index contributed by atoms with van der Waals surface area (Å²) in [5.74, 6) is -1.27. The smallest absolute Gasteiger partial charge is 0.301 e. The molecule has 10 heteroatoms. The summed E-state index contributed by atoms with van der Waals surface area (Å²) in [4.78, 5) is 24.5. The van der Waals surface area contributed by atoms with Crippen molar-refractivity contribution in [3.63, 3.8) is 0 Å². The average molecular weight is 366 g/mol. The topological polar surface area (TPSA) is 114 Å². The number of aryl methyl sites for hydroxylation is 1. The van der Waals surface area contributed by atoms with Crippen LogP contribution in [0.2, 0.25) is 0 Å². The van der Waals surface area contributed by atoms with Crippen LogP contribution in [0, 0.1) is 24.1 Å². The number of rotatable bonds is 4. The summed E-state index contributed by atoms with van der Waals surface area (Å²) < 4.78 is 41.8. The molecule has 0 saturated carbocycles. The molecule has 8 nitrogen and oxygen atoms in total. The Kier molecular flexibility index (Phi) is 4.80. The van der Waals surface area contributed by atoms with E-state index in [0.717, 1.165) is 22.8 Å². The number of anilines is 1. The lowest BCUT2D eigenvalue weighted by Gasteiger charge is -2.13. The van der Waals surface area contributed by atoms with Crippen LogP contribution in [-0.4, -0.2) is 23.3 Å². The minimum absolute atomic E-state index is 0.213. The van der Waals surface area contributed by atoms with Gasteiger partial charge in [0.25, 0.3) is 5.56 Å². The summed E-state index contributed by atoms with van der Waals surface area (Å²) in [6, 6.07) is 4.55. The lowest BCUT2D eigenvalue weighted by molar-refractivity contribution is 0.600. The number of nitrogens with one attached hydrogen (secondary N) is 1. The van der Waals surface area contributed by atoms with Crippen LogP contribution in [-0.2, 0) is 17.1 Å². The van der Waals surface area contributed by atoms with Gasteiger partial charge in [-0.25, -0.2) is 22.2 Å². The van der Waals surface area contributed by atoms with Crippen molar-refractivity contribution in [1.29, 1.82) is 5.26 Å². The third-order valence-corrected chi connectivity index (χ3v) is 4.94. The van der Waals surface area contributed by atoms with Crippen molar-refractivity contribution >= 4 is 15.7 Å². The second-order valence-electron chi connectivity index (χ2n) is 5.27. The van der Waals surface area contributed by atoms with Crippen molar-refractivity contribution in [2.75, 3.05) is 10.5 Å². The molecule has 0 atom stereocenters. The van der Waals surface area contributed by atoms with E-state index in [9.17, 15) is 22.4 Å². The Balaban J connectivity index is 2.82. The fraction of sp³-hybridized carbons (Fsp3) is 0.267. The molecule has 25 heavy (non-hydrogen) atoms. The highest BCUT2D eigenvalue weighted by molar-refractivity contribution is 7.92. The molecule has 0 aliphatic carbocycles. The van der Waals surface area contributed by atoms with Gasteiger partial charge >= 0.3 is 5.69 Å². The SMILES string of the molecule is CCS(=O)(=O)Nc1cc(-n2c(=O)cc(C)n(C)c2=O)c(F)cc1C#N. The Morgan fingerprint density at radius 3 is 2.48 bits per heavy atom. The number of nitriles is 1. The van der Waals surface area contributed by atoms with Crippen molar-refractivity contribution in [1.82, 2.24) is 9.13 Å². The predicted molar refractivity (Wildman–Crippen MR) is 89.8 cm³/mol. The van der Waals surface area contributed by atoms with Crippen molar-refractivity contribution in [3.05, 3.63) is 56.1 Å². The number of halogens is 1. The van der Waals surface area contributed by atoms with Crippen LogP contribution in [0.25, 0.3) is 5.69 Å². The summed E-state index contributed by atoms with van der Waals surface area (Å²) in [7, 11) is -2.33. The average Bonchev–Trinajstić information content (AvgIpc) is 2.55. The van der Waals surface area contributed by atoms with Gasteiger partial charge in [0.1, 0.15) is 11.9 Å². The number of hydrogen-bond donors (Lipinski definition) is 1. The number of nitrogens with zero attached hydrogens (tertiary/aromatic N) is 3. The Labute approximate surface area is 142 Å². The van der Waals surface area contributed by atoms with E-state index >= 15 is 0 Å². The minimum Gasteiger partial charge on any atom is -0.301 e. The molecule has 0 unspecified atom stereocenters. The zero-order valence-corrected chi connectivity index (χ0v) is 14.5. The quantitative estimate of drug-likeness (QED) is 0.852.